The molecule has 0 radical (unpaired) electrons. The Bertz CT molecular complexity index is 547. The number of nitrogens with zero attached hydrogens (tertiary/aromatic N) is 1. The second kappa shape index (κ2) is 10.2. The Kier molecular flexibility index (Phi) is 9.48. The number of rotatable bonds is 9. The Balaban J connectivity index is 0.00000529. The summed E-state index contributed by atoms with van der Waals surface area (Å²) in [7, 11) is 3.34. The first-order valence-electron chi connectivity index (χ1n) is 7.67. The maximum atomic E-state index is 12.2. The molecule has 0 unspecified atom stereocenters. The number of likely N-dealkylation sites (N-methyl/N-ethyl adjacent to an activating group) is 1. The Morgan fingerprint density at radius 3 is 2.58 bits per heavy atom. The number of hydrogen-bond acceptors (Lipinski definition) is 4. The van der Waals surface area contributed by atoms with Crippen molar-refractivity contribution >= 4 is 18.3 Å². The molecule has 136 valence electrons. The predicted octanol–water partition coefficient (Wildman–Crippen LogP) is 2.67. The lowest BCUT2D eigenvalue weighted by atomic mass is 9.93. The minimum absolute atomic E-state index is 0. The second-order valence-corrected chi connectivity index (χ2v) is 6.38. The second-order valence-electron chi connectivity index (χ2n) is 6.38. The fourth-order valence-electron chi connectivity index (χ4n) is 2.17. The summed E-state index contributed by atoms with van der Waals surface area (Å²) in [5.41, 5.74) is 6.67. The van der Waals surface area contributed by atoms with E-state index in [2.05, 4.69) is 6.58 Å². The van der Waals surface area contributed by atoms with E-state index in [1.807, 2.05) is 38.1 Å². The molecular weight excluding hydrogens is 328 g/mol. The Morgan fingerprint density at radius 2 is 2.04 bits per heavy atom. The van der Waals surface area contributed by atoms with E-state index < -0.39 is 0 Å². The first-order valence-corrected chi connectivity index (χ1v) is 7.67. The molecule has 0 aliphatic rings. The third-order valence-electron chi connectivity index (χ3n) is 3.60. The summed E-state index contributed by atoms with van der Waals surface area (Å²) in [5.74, 6) is 1.07. The van der Waals surface area contributed by atoms with Crippen LogP contribution in [0.5, 0.6) is 11.5 Å². The van der Waals surface area contributed by atoms with E-state index in [4.69, 9.17) is 15.2 Å². The summed E-state index contributed by atoms with van der Waals surface area (Å²) in [4.78, 5) is 13.8. The molecule has 1 aromatic rings. The van der Waals surface area contributed by atoms with Crippen LogP contribution >= 0.6 is 12.4 Å². The molecule has 0 atom stereocenters. The number of ether oxygens (including phenoxy) is 2. The van der Waals surface area contributed by atoms with Gasteiger partial charge in [0.05, 0.1) is 7.11 Å². The number of carbonyl (C=O) groups is 1. The fourth-order valence-corrected chi connectivity index (χ4v) is 2.17. The summed E-state index contributed by atoms with van der Waals surface area (Å²) < 4.78 is 10.9. The molecule has 5 nitrogen and oxygen atoms in total. The van der Waals surface area contributed by atoms with Crippen molar-refractivity contribution in [1.82, 2.24) is 4.90 Å². The van der Waals surface area contributed by atoms with Gasteiger partial charge >= 0.3 is 0 Å². The van der Waals surface area contributed by atoms with E-state index in [1.54, 1.807) is 19.1 Å². The number of carbonyl (C=O) groups excluding carboxylic acids is 1. The van der Waals surface area contributed by atoms with Gasteiger partial charge in [0.15, 0.2) is 18.1 Å². The molecule has 0 spiro atoms. The van der Waals surface area contributed by atoms with Crippen molar-refractivity contribution in [3.63, 3.8) is 0 Å². The van der Waals surface area contributed by atoms with Crippen molar-refractivity contribution in [1.29, 1.82) is 0 Å². The van der Waals surface area contributed by atoms with Crippen molar-refractivity contribution < 1.29 is 14.3 Å². The van der Waals surface area contributed by atoms with Crippen LogP contribution in [0.2, 0.25) is 0 Å². The van der Waals surface area contributed by atoms with E-state index in [9.17, 15) is 4.79 Å². The summed E-state index contributed by atoms with van der Waals surface area (Å²) in [5, 5.41) is 0. The number of amides is 1. The molecule has 1 aromatic carbocycles. The van der Waals surface area contributed by atoms with Crippen LogP contribution in [-0.2, 0) is 11.2 Å². The third-order valence-corrected chi connectivity index (χ3v) is 3.60. The van der Waals surface area contributed by atoms with E-state index in [-0.39, 0.29) is 30.3 Å². The van der Waals surface area contributed by atoms with Crippen LogP contribution in [0.1, 0.15) is 19.4 Å². The number of allylic oxidation sites excluding steroid dienone is 1. The van der Waals surface area contributed by atoms with Gasteiger partial charge in [-0.05, 0) is 36.1 Å². The van der Waals surface area contributed by atoms with Gasteiger partial charge in [-0.2, -0.15) is 0 Å². The third kappa shape index (κ3) is 6.81. The zero-order valence-electron chi connectivity index (χ0n) is 15.0. The van der Waals surface area contributed by atoms with Gasteiger partial charge in [0.2, 0.25) is 0 Å². The monoisotopic (exact) mass is 356 g/mol. The average molecular weight is 357 g/mol. The van der Waals surface area contributed by atoms with Crippen molar-refractivity contribution in [2.45, 2.75) is 20.3 Å². The van der Waals surface area contributed by atoms with Gasteiger partial charge < -0.3 is 20.1 Å². The first-order chi connectivity index (χ1) is 10.8. The predicted molar refractivity (Wildman–Crippen MR) is 100 cm³/mol. The highest BCUT2D eigenvalue weighted by Crippen LogP contribution is 2.28. The van der Waals surface area contributed by atoms with Gasteiger partial charge in [-0.1, -0.05) is 26.0 Å². The first kappa shape index (κ1) is 22.3. The van der Waals surface area contributed by atoms with Crippen molar-refractivity contribution in [3.8, 4) is 11.5 Å². The normalized spacial score (nSPS) is 10.5. The average Bonchev–Trinajstić information content (AvgIpc) is 2.53. The molecule has 0 saturated heterocycles. The summed E-state index contributed by atoms with van der Waals surface area (Å²) >= 11 is 0. The number of methoxy groups -OCH3 is 1. The van der Waals surface area contributed by atoms with Gasteiger partial charge in [-0.25, -0.2) is 0 Å². The lowest BCUT2D eigenvalue weighted by Crippen LogP contribution is -2.41. The van der Waals surface area contributed by atoms with E-state index in [0.29, 0.717) is 24.6 Å². The van der Waals surface area contributed by atoms with Crippen LogP contribution < -0.4 is 15.2 Å². The molecule has 0 aromatic heterocycles. The highest BCUT2D eigenvalue weighted by molar-refractivity contribution is 5.85. The van der Waals surface area contributed by atoms with E-state index in [1.165, 1.54) is 0 Å². The molecule has 0 heterocycles. The quantitative estimate of drug-likeness (QED) is 0.691. The number of nitrogens with two attached hydrogens (primary N) is 1. The van der Waals surface area contributed by atoms with Gasteiger partial charge in [0.1, 0.15) is 0 Å². The van der Waals surface area contributed by atoms with Crippen LogP contribution in [0.3, 0.4) is 0 Å². The summed E-state index contributed by atoms with van der Waals surface area (Å²) in [6.07, 6.45) is 2.58. The molecule has 1 amide bonds. The molecular formula is C18H29ClN2O3. The van der Waals surface area contributed by atoms with Gasteiger partial charge in [-0.3, -0.25) is 4.79 Å². The topological polar surface area (TPSA) is 64.8 Å². The molecule has 0 aliphatic heterocycles. The molecule has 0 fully saturated rings. The maximum absolute atomic E-state index is 12.2. The minimum Gasteiger partial charge on any atom is -0.493 e. The molecule has 1 rings (SSSR count). The highest BCUT2D eigenvalue weighted by atomic mass is 35.5. The Hall–Kier alpha value is -1.72. The zero-order chi connectivity index (χ0) is 17.5. The molecule has 0 saturated carbocycles. The van der Waals surface area contributed by atoms with Gasteiger partial charge in [0, 0.05) is 13.6 Å². The lowest BCUT2D eigenvalue weighted by Gasteiger charge is -2.29. The zero-order valence-corrected chi connectivity index (χ0v) is 15.8. The largest absolute Gasteiger partial charge is 0.493 e. The fraction of sp³-hybridized carbons (Fsp3) is 0.500. The number of hydrogen-bond donors (Lipinski definition) is 1. The Morgan fingerprint density at radius 1 is 1.38 bits per heavy atom. The SMILES string of the molecule is C=CCc1ccc(OCC(=O)N(C)CC(C)(C)CN)c(OC)c1.Cl. The highest BCUT2D eigenvalue weighted by Gasteiger charge is 2.21. The molecule has 24 heavy (non-hydrogen) atoms. The number of benzene rings is 1. The van der Waals surface area contributed by atoms with Gasteiger partial charge in [0.25, 0.3) is 5.91 Å². The smallest absolute Gasteiger partial charge is 0.260 e. The van der Waals surface area contributed by atoms with E-state index in [0.717, 1.165) is 12.0 Å². The lowest BCUT2D eigenvalue weighted by molar-refractivity contribution is -0.133. The van der Waals surface area contributed by atoms with Crippen molar-refractivity contribution in [2.75, 3.05) is 33.9 Å². The minimum atomic E-state index is -0.117. The summed E-state index contributed by atoms with van der Waals surface area (Å²) in [6, 6.07) is 5.64. The summed E-state index contributed by atoms with van der Waals surface area (Å²) in [6.45, 7) is 8.84. The van der Waals surface area contributed by atoms with Gasteiger partial charge in [-0.15, -0.1) is 19.0 Å². The maximum Gasteiger partial charge on any atom is 0.260 e. The van der Waals surface area contributed by atoms with E-state index >= 15 is 0 Å². The van der Waals surface area contributed by atoms with Crippen LogP contribution in [0.15, 0.2) is 30.9 Å². The molecule has 2 N–H and O–H groups in total. The molecule has 6 heteroatoms. The van der Waals surface area contributed by atoms with Crippen LogP contribution in [-0.4, -0.2) is 44.7 Å². The van der Waals surface area contributed by atoms with Crippen LogP contribution in [0.25, 0.3) is 0 Å². The Labute approximate surface area is 151 Å². The van der Waals surface area contributed by atoms with Crippen molar-refractivity contribution in [3.05, 3.63) is 36.4 Å². The standard InChI is InChI=1S/C18H28N2O3.ClH/c1-6-7-14-8-9-15(16(10-14)22-5)23-11-17(21)20(4)13-18(2,3)12-19;/h6,8-10H,1,7,11-13,19H2,2-5H3;1H. The molecule has 0 aliphatic carbocycles. The van der Waals surface area contributed by atoms with Crippen molar-refractivity contribution in [2.24, 2.45) is 11.1 Å². The number of halogens is 1. The molecule has 0 bridgehead atoms. The van der Waals surface area contributed by atoms with Crippen LogP contribution in [0.4, 0.5) is 0 Å². The van der Waals surface area contributed by atoms with Crippen LogP contribution in [0, 0.1) is 5.41 Å².